The van der Waals surface area contributed by atoms with Gasteiger partial charge in [-0.25, -0.2) is 0 Å². The average molecular weight is 239 g/mol. The zero-order chi connectivity index (χ0) is 11.9. The maximum absolute atomic E-state index is 11.9. The number of halogens is 1. The summed E-state index contributed by atoms with van der Waals surface area (Å²) in [5.41, 5.74) is 1.53. The average Bonchev–Trinajstić information content (AvgIpc) is 2.43. The molecule has 1 aromatic rings. The lowest BCUT2D eigenvalue weighted by Gasteiger charge is -2.11. The van der Waals surface area contributed by atoms with Crippen molar-refractivity contribution in [1.29, 1.82) is 0 Å². The molecule has 1 aromatic carbocycles. The van der Waals surface area contributed by atoms with Gasteiger partial charge in [-0.1, -0.05) is 11.6 Å². The van der Waals surface area contributed by atoms with Crippen molar-refractivity contribution < 1.29 is 9.59 Å². The fourth-order valence-electron chi connectivity index (χ4n) is 1.85. The second-order valence-corrected chi connectivity index (χ2v) is 4.17. The van der Waals surface area contributed by atoms with E-state index in [-0.39, 0.29) is 11.8 Å². The van der Waals surface area contributed by atoms with Crippen LogP contribution in [-0.4, -0.2) is 18.9 Å². The molecule has 1 aliphatic heterocycles. The molecule has 0 saturated heterocycles. The van der Waals surface area contributed by atoms with Gasteiger partial charge in [-0.05, 0) is 18.2 Å². The van der Waals surface area contributed by atoms with Crippen LogP contribution in [0, 0.1) is 0 Å². The molecule has 0 unspecified atom stereocenters. The number of likely N-dealkylation sites (N-methyl/N-ethyl adjacent to an activating group) is 1. The van der Waals surface area contributed by atoms with Crippen molar-refractivity contribution in [2.24, 2.45) is 0 Å². The summed E-state index contributed by atoms with van der Waals surface area (Å²) in [5.74, 6) is -0.382. The monoisotopic (exact) mass is 238 g/mol. The highest BCUT2D eigenvalue weighted by Crippen LogP contribution is 2.36. The van der Waals surface area contributed by atoms with E-state index in [0.29, 0.717) is 5.02 Å². The Morgan fingerprint density at radius 2 is 2.19 bits per heavy atom. The maximum Gasteiger partial charge on any atom is 0.254 e. The predicted molar refractivity (Wildman–Crippen MR) is 61.4 cm³/mol. The van der Waals surface area contributed by atoms with Crippen molar-refractivity contribution >= 4 is 29.1 Å². The summed E-state index contributed by atoms with van der Waals surface area (Å²) in [4.78, 5) is 24.4. The third-order valence-electron chi connectivity index (χ3n) is 2.59. The van der Waals surface area contributed by atoms with Crippen LogP contribution in [0.5, 0.6) is 0 Å². The van der Waals surface area contributed by atoms with Crippen LogP contribution in [-0.2, 0) is 9.59 Å². The van der Waals surface area contributed by atoms with Gasteiger partial charge in [0.05, 0.1) is 0 Å². The fraction of sp³-hybridized carbons (Fsp3) is 0.273. The first-order chi connectivity index (χ1) is 7.50. The molecule has 0 spiro atoms. The van der Waals surface area contributed by atoms with Crippen molar-refractivity contribution in [3.8, 4) is 0 Å². The quantitative estimate of drug-likeness (QED) is 0.806. The molecule has 0 aromatic heterocycles. The van der Waals surface area contributed by atoms with Crippen LogP contribution in [0.25, 0.3) is 0 Å². The van der Waals surface area contributed by atoms with E-state index in [2.05, 4.69) is 5.32 Å². The van der Waals surface area contributed by atoms with Crippen LogP contribution in [0.1, 0.15) is 18.5 Å². The van der Waals surface area contributed by atoms with Gasteiger partial charge in [0.2, 0.25) is 5.91 Å². The molecule has 0 radical (unpaired) electrons. The Labute approximate surface area is 98.2 Å². The number of amides is 2. The number of rotatable bonds is 1. The van der Waals surface area contributed by atoms with Crippen molar-refractivity contribution in [1.82, 2.24) is 5.32 Å². The Kier molecular flexibility index (Phi) is 2.59. The van der Waals surface area contributed by atoms with E-state index >= 15 is 0 Å². The van der Waals surface area contributed by atoms with Gasteiger partial charge < -0.3 is 10.2 Å². The number of benzene rings is 1. The summed E-state index contributed by atoms with van der Waals surface area (Å²) in [6.45, 7) is 1.38. The fourth-order valence-corrected chi connectivity index (χ4v) is 2.03. The number of fused-ring (bicyclic) bond motifs is 1. The molecule has 0 aliphatic carbocycles. The lowest BCUT2D eigenvalue weighted by Crippen LogP contribution is -2.34. The lowest BCUT2D eigenvalue weighted by atomic mass is 10.1. The normalized spacial score (nSPS) is 18.6. The summed E-state index contributed by atoms with van der Waals surface area (Å²) >= 11 is 5.88. The highest BCUT2D eigenvalue weighted by atomic mass is 35.5. The van der Waals surface area contributed by atoms with Crippen molar-refractivity contribution in [2.75, 3.05) is 11.9 Å². The maximum atomic E-state index is 11.9. The number of carbonyl (C=O) groups is 2. The smallest absolute Gasteiger partial charge is 0.254 e. The minimum Gasteiger partial charge on any atom is -0.341 e. The van der Waals surface area contributed by atoms with Crippen LogP contribution >= 0.6 is 11.6 Å². The van der Waals surface area contributed by atoms with Crippen LogP contribution in [0.15, 0.2) is 18.2 Å². The first kappa shape index (κ1) is 11.0. The van der Waals surface area contributed by atoms with Crippen LogP contribution in [0.3, 0.4) is 0 Å². The Bertz CT molecular complexity index is 473. The summed E-state index contributed by atoms with van der Waals surface area (Å²) in [7, 11) is 1.68. The molecular weight excluding hydrogens is 228 g/mol. The van der Waals surface area contributed by atoms with E-state index < -0.39 is 6.04 Å². The molecule has 0 saturated carbocycles. The topological polar surface area (TPSA) is 49.4 Å². The Morgan fingerprint density at radius 3 is 2.81 bits per heavy atom. The molecule has 1 aliphatic rings. The number of hydrogen-bond acceptors (Lipinski definition) is 2. The molecule has 1 N–H and O–H groups in total. The van der Waals surface area contributed by atoms with E-state index in [4.69, 9.17) is 11.6 Å². The van der Waals surface area contributed by atoms with Gasteiger partial charge in [0.15, 0.2) is 0 Å². The van der Waals surface area contributed by atoms with E-state index in [1.54, 1.807) is 25.2 Å². The van der Waals surface area contributed by atoms with Crippen molar-refractivity contribution in [3.05, 3.63) is 28.8 Å². The Morgan fingerprint density at radius 1 is 1.50 bits per heavy atom. The molecule has 0 bridgehead atoms. The van der Waals surface area contributed by atoms with Crippen molar-refractivity contribution in [3.63, 3.8) is 0 Å². The van der Waals surface area contributed by atoms with E-state index in [9.17, 15) is 9.59 Å². The van der Waals surface area contributed by atoms with Crippen LogP contribution in [0.4, 0.5) is 5.69 Å². The highest BCUT2D eigenvalue weighted by molar-refractivity contribution is 6.31. The van der Waals surface area contributed by atoms with Gasteiger partial charge in [-0.3, -0.25) is 9.59 Å². The molecule has 4 nitrogen and oxygen atoms in total. The first-order valence-electron chi connectivity index (χ1n) is 4.85. The number of hydrogen-bond donors (Lipinski definition) is 1. The molecule has 1 atom stereocenters. The number of carbonyl (C=O) groups excluding carboxylic acids is 2. The van der Waals surface area contributed by atoms with Crippen LogP contribution < -0.4 is 10.2 Å². The first-order valence-corrected chi connectivity index (χ1v) is 5.22. The van der Waals surface area contributed by atoms with Gasteiger partial charge in [-0.15, -0.1) is 0 Å². The number of nitrogens with one attached hydrogen (secondary N) is 1. The third kappa shape index (κ3) is 1.65. The molecule has 2 amide bonds. The Balaban J connectivity index is 2.47. The van der Waals surface area contributed by atoms with Gasteiger partial charge in [-0.2, -0.15) is 0 Å². The zero-order valence-electron chi connectivity index (χ0n) is 8.95. The summed E-state index contributed by atoms with van der Waals surface area (Å²) in [6, 6.07) is 4.59. The van der Waals surface area contributed by atoms with Gasteiger partial charge in [0, 0.05) is 30.2 Å². The molecule has 16 heavy (non-hydrogen) atoms. The second kappa shape index (κ2) is 3.79. The molecule has 84 valence electrons. The van der Waals surface area contributed by atoms with Crippen LogP contribution in [0.2, 0.25) is 5.02 Å². The van der Waals surface area contributed by atoms with Gasteiger partial charge in [0.1, 0.15) is 6.04 Å². The predicted octanol–water partition coefficient (Wildman–Crippen LogP) is 1.49. The second-order valence-electron chi connectivity index (χ2n) is 3.73. The van der Waals surface area contributed by atoms with Gasteiger partial charge >= 0.3 is 0 Å². The highest BCUT2D eigenvalue weighted by Gasteiger charge is 2.35. The van der Waals surface area contributed by atoms with Gasteiger partial charge in [0.25, 0.3) is 5.91 Å². The minimum absolute atomic E-state index is 0.146. The standard InChI is InChI=1S/C11H11ClN2O2/c1-6(15)13-10-8-5-7(12)3-4-9(8)14(2)11(10)16/h3-5,10H,1-2H3,(H,13,15)/t10-/m0/s1. The van der Waals surface area contributed by atoms with E-state index in [1.807, 2.05) is 0 Å². The minimum atomic E-state index is -0.615. The molecule has 1 heterocycles. The lowest BCUT2D eigenvalue weighted by molar-refractivity contribution is -0.125. The largest absolute Gasteiger partial charge is 0.341 e. The van der Waals surface area contributed by atoms with E-state index in [0.717, 1.165) is 11.3 Å². The van der Waals surface area contributed by atoms with Crippen molar-refractivity contribution in [2.45, 2.75) is 13.0 Å². The zero-order valence-corrected chi connectivity index (χ0v) is 9.71. The number of nitrogens with zero attached hydrogens (tertiary/aromatic N) is 1. The third-order valence-corrected chi connectivity index (χ3v) is 2.82. The Hall–Kier alpha value is -1.55. The SMILES string of the molecule is CC(=O)N[C@@H]1C(=O)N(C)c2ccc(Cl)cc21. The molecule has 2 rings (SSSR count). The summed E-state index contributed by atoms with van der Waals surface area (Å²) < 4.78 is 0. The molecule has 5 heteroatoms. The summed E-state index contributed by atoms with van der Waals surface area (Å²) in [5, 5.41) is 3.17. The molecule has 0 fully saturated rings. The molecular formula is C11H11ClN2O2. The number of anilines is 1. The summed E-state index contributed by atoms with van der Waals surface area (Å²) in [6.07, 6.45) is 0. The van der Waals surface area contributed by atoms with E-state index in [1.165, 1.54) is 11.8 Å².